The van der Waals surface area contributed by atoms with Crippen molar-refractivity contribution in [1.82, 2.24) is 9.80 Å². The summed E-state index contributed by atoms with van der Waals surface area (Å²) in [5, 5.41) is 17.7. The molecule has 0 radical (unpaired) electrons. The predicted molar refractivity (Wildman–Crippen MR) is 46.2 cm³/mol. The molecule has 3 atom stereocenters. The molecule has 6 heteroatoms. The summed E-state index contributed by atoms with van der Waals surface area (Å²) in [5.74, 6) is 0. The fraction of sp³-hybridized carbons (Fsp3) is 0.750. The van der Waals surface area contributed by atoms with Crippen LogP contribution in [0.5, 0.6) is 0 Å². The van der Waals surface area contributed by atoms with Crippen LogP contribution in [-0.2, 0) is 0 Å². The van der Waals surface area contributed by atoms with Crippen molar-refractivity contribution in [2.75, 3.05) is 6.54 Å². The van der Waals surface area contributed by atoms with Crippen LogP contribution in [0, 0.1) is 0 Å². The normalized spacial score (nSPS) is 35.1. The van der Waals surface area contributed by atoms with Gasteiger partial charge in [-0.15, -0.1) is 0 Å². The Morgan fingerprint density at radius 1 is 1.29 bits per heavy atom. The minimum Gasteiger partial charge on any atom is -0.465 e. The molecule has 2 heterocycles. The third-order valence-electron chi connectivity index (χ3n) is 3.18. The van der Waals surface area contributed by atoms with Crippen molar-refractivity contribution in [2.24, 2.45) is 0 Å². The lowest BCUT2D eigenvalue weighted by Crippen LogP contribution is -2.69. The molecule has 0 aliphatic carbocycles. The van der Waals surface area contributed by atoms with Gasteiger partial charge >= 0.3 is 12.2 Å². The molecule has 2 unspecified atom stereocenters. The summed E-state index contributed by atoms with van der Waals surface area (Å²) in [6.45, 7) is 2.19. The highest BCUT2D eigenvalue weighted by atomic mass is 16.4. The van der Waals surface area contributed by atoms with Crippen LogP contribution >= 0.6 is 0 Å². The first-order valence-corrected chi connectivity index (χ1v) is 4.55. The Kier molecular flexibility index (Phi) is 1.80. The molecule has 2 fully saturated rings. The zero-order valence-corrected chi connectivity index (χ0v) is 7.75. The number of fused-ring (bicyclic) bond motifs is 1. The van der Waals surface area contributed by atoms with Crippen molar-refractivity contribution in [3.63, 3.8) is 0 Å². The summed E-state index contributed by atoms with van der Waals surface area (Å²) in [4.78, 5) is 24.2. The molecule has 78 valence electrons. The third kappa shape index (κ3) is 0.964. The van der Waals surface area contributed by atoms with Gasteiger partial charge in [0.15, 0.2) is 0 Å². The van der Waals surface area contributed by atoms with E-state index in [0.29, 0.717) is 13.0 Å². The maximum absolute atomic E-state index is 10.8. The summed E-state index contributed by atoms with van der Waals surface area (Å²) >= 11 is 0. The van der Waals surface area contributed by atoms with Crippen molar-refractivity contribution in [3.8, 4) is 0 Å². The van der Waals surface area contributed by atoms with E-state index >= 15 is 0 Å². The van der Waals surface area contributed by atoms with Gasteiger partial charge in [0.1, 0.15) is 0 Å². The lowest BCUT2D eigenvalue weighted by molar-refractivity contribution is -0.0153. The molecule has 14 heavy (non-hydrogen) atoms. The Morgan fingerprint density at radius 2 is 1.93 bits per heavy atom. The van der Waals surface area contributed by atoms with Gasteiger partial charge in [0.2, 0.25) is 0 Å². The maximum Gasteiger partial charge on any atom is 0.407 e. The van der Waals surface area contributed by atoms with Crippen LogP contribution in [0.1, 0.15) is 13.3 Å². The minimum absolute atomic E-state index is 0.126. The smallest absolute Gasteiger partial charge is 0.407 e. The molecular weight excluding hydrogens is 188 g/mol. The van der Waals surface area contributed by atoms with Crippen molar-refractivity contribution >= 4 is 12.2 Å². The Hall–Kier alpha value is -1.46. The van der Waals surface area contributed by atoms with Gasteiger partial charge in [-0.1, -0.05) is 0 Å². The average molecular weight is 200 g/mol. The highest BCUT2D eigenvalue weighted by Gasteiger charge is 2.56. The van der Waals surface area contributed by atoms with E-state index in [2.05, 4.69) is 0 Å². The van der Waals surface area contributed by atoms with Crippen LogP contribution in [-0.4, -0.2) is 56.9 Å². The second kappa shape index (κ2) is 2.76. The fourth-order valence-electron chi connectivity index (χ4n) is 2.59. The van der Waals surface area contributed by atoms with E-state index in [9.17, 15) is 9.59 Å². The molecule has 0 aromatic heterocycles. The molecular formula is C8H12N2O4. The van der Waals surface area contributed by atoms with Gasteiger partial charge in [-0.25, -0.2) is 9.59 Å². The van der Waals surface area contributed by atoms with Crippen molar-refractivity contribution in [3.05, 3.63) is 0 Å². The molecule has 0 spiro atoms. The number of hydrogen-bond acceptors (Lipinski definition) is 2. The van der Waals surface area contributed by atoms with Gasteiger partial charge in [-0.2, -0.15) is 0 Å². The van der Waals surface area contributed by atoms with Crippen LogP contribution < -0.4 is 0 Å². The van der Waals surface area contributed by atoms with Gasteiger partial charge in [-0.05, 0) is 13.3 Å². The second-order valence-corrected chi connectivity index (χ2v) is 3.75. The van der Waals surface area contributed by atoms with Crippen molar-refractivity contribution < 1.29 is 19.8 Å². The first-order chi connectivity index (χ1) is 6.54. The van der Waals surface area contributed by atoms with Crippen LogP contribution in [0.3, 0.4) is 0 Å². The van der Waals surface area contributed by atoms with Gasteiger partial charge < -0.3 is 15.1 Å². The molecule has 2 saturated heterocycles. The summed E-state index contributed by atoms with van der Waals surface area (Å²) in [6, 6.07) is -0.474. The van der Waals surface area contributed by atoms with E-state index < -0.39 is 12.2 Å². The molecule has 0 aromatic carbocycles. The molecule has 2 amide bonds. The molecule has 0 saturated carbocycles. The van der Waals surface area contributed by atoms with Crippen LogP contribution in [0.25, 0.3) is 0 Å². The zero-order valence-electron chi connectivity index (χ0n) is 7.75. The summed E-state index contributed by atoms with van der Waals surface area (Å²) in [7, 11) is 0. The first kappa shape index (κ1) is 9.11. The van der Waals surface area contributed by atoms with Crippen LogP contribution in [0.2, 0.25) is 0 Å². The monoisotopic (exact) mass is 200 g/mol. The molecule has 2 rings (SSSR count). The number of amides is 2. The Morgan fingerprint density at radius 3 is 2.43 bits per heavy atom. The van der Waals surface area contributed by atoms with E-state index in [1.807, 2.05) is 0 Å². The van der Waals surface area contributed by atoms with Crippen LogP contribution in [0.15, 0.2) is 0 Å². The highest BCUT2D eigenvalue weighted by molar-refractivity contribution is 5.71. The standard InChI is InChI=1S/C8H12N2O4/c1-4-6-5(10(4)8(13)14)2-3-9(6)7(11)12/h4-6H,2-3H2,1H3,(H,11,12)(H,13,14)/t4-,5?,6?/m1/s1. The van der Waals surface area contributed by atoms with Crippen molar-refractivity contribution in [1.29, 1.82) is 0 Å². The van der Waals surface area contributed by atoms with E-state index in [-0.39, 0.29) is 18.1 Å². The lowest BCUT2D eigenvalue weighted by Gasteiger charge is -2.50. The second-order valence-electron chi connectivity index (χ2n) is 3.75. The van der Waals surface area contributed by atoms with Crippen molar-refractivity contribution in [2.45, 2.75) is 31.5 Å². The molecule has 2 N–H and O–H groups in total. The quantitative estimate of drug-likeness (QED) is 0.596. The minimum atomic E-state index is -0.953. The topological polar surface area (TPSA) is 81.1 Å². The predicted octanol–water partition coefficient (Wildman–Crippen LogP) is 0.489. The number of likely N-dealkylation sites (tertiary alicyclic amines) is 2. The fourth-order valence-corrected chi connectivity index (χ4v) is 2.59. The first-order valence-electron chi connectivity index (χ1n) is 4.55. The van der Waals surface area contributed by atoms with Gasteiger partial charge in [-0.3, -0.25) is 4.90 Å². The van der Waals surface area contributed by atoms with Gasteiger partial charge in [0, 0.05) is 6.54 Å². The van der Waals surface area contributed by atoms with E-state index in [1.54, 1.807) is 6.92 Å². The maximum atomic E-state index is 10.8. The Balaban J connectivity index is 2.12. The van der Waals surface area contributed by atoms with E-state index in [0.717, 1.165) is 0 Å². The number of carboxylic acid groups (broad SMARTS) is 2. The molecule has 0 bridgehead atoms. The zero-order chi connectivity index (χ0) is 10.5. The molecule has 6 nitrogen and oxygen atoms in total. The number of nitrogens with zero attached hydrogens (tertiary/aromatic N) is 2. The number of rotatable bonds is 0. The van der Waals surface area contributed by atoms with Crippen LogP contribution in [0.4, 0.5) is 9.59 Å². The van der Waals surface area contributed by atoms with Gasteiger partial charge in [0.05, 0.1) is 18.1 Å². The Bertz CT molecular complexity index is 281. The van der Waals surface area contributed by atoms with E-state index in [1.165, 1.54) is 9.80 Å². The SMILES string of the molecule is C[C@@H]1C2C(CCN2C(=O)O)N1C(=O)O. The number of carbonyl (C=O) groups is 2. The lowest BCUT2D eigenvalue weighted by atomic mass is 9.89. The summed E-state index contributed by atoms with van der Waals surface area (Å²) < 4.78 is 0. The largest absolute Gasteiger partial charge is 0.465 e. The Labute approximate surface area is 80.7 Å². The average Bonchev–Trinajstić information content (AvgIpc) is 2.42. The molecule has 2 aliphatic rings. The third-order valence-corrected chi connectivity index (χ3v) is 3.18. The highest BCUT2D eigenvalue weighted by Crippen LogP contribution is 2.37. The van der Waals surface area contributed by atoms with E-state index in [4.69, 9.17) is 10.2 Å². The number of hydrogen-bond donors (Lipinski definition) is 2. The molecule has 2 aliphatic heterocycles. The summed E-state index contributed by atoms with van der Waals surface area (Å²) in [6.07, 6.45) is -1.28. The summed E-state index contributed by atoms with van der Waals surface area (Å²) in [5.41, 5.74) is 0. The van der Waals surface area contributed by atoms with Gasteiger partial charge in [0.25, 0.3) is 0 Å². The molecule has 0 aromatic rings.